The zero-order valence-corrected chi connectivity index (χ0v) is 2.99. The van der Waals surface area contributed by atoms with Crippen LogP contribution in [0.5, 0.6) is 0 Å². The predicted octanol–water partition coefficient (Wildman–Crippen LogP) is 1.65. The third-order valence-corrected chi connectivity index (χ3v) is 0. The Balaban J connectivity index is -0.00000000500. The van der Waals surface area contributed by atoms with Crippen LogP contribution in [0.4, 0.5) is 0 Å². The molecule has 0 heterocycles. The lowest BCUT2D eigenvalue weighted by Gasteiger charge is -1.19. The molecule has 0 rings (SSSR count). The van der Waals surface area contributed by atoms with Crippen molar-refractivity contribution in [2.45, 2.75) is 14.9 Å². The van der Waals surface area contributed by atoms with E-state index in [-0.39, 0.29) is 14.9 Å². The molecule has 0 fully saturated rings. The van der Waals surface area contributed by atoms with Crippen LogP contribution in [0.3, 0.4) is 0 Å². The van der Waals surface area contributed by atoms with Gasteiger partial charge in [-0.25, -0.2) is 0 Å². The minimum Gasteiger partial charge on any atom is -0.333 e. The van der Waals surface area contributed by atoms with Gasteiger partial charge in [-0.1, -0.05) is 14.9 Å². The zero-order valence-electron chi connectivity index (χ0n) is 2.99. The Labute approximate surface area is 41.9 Å². The molecule has 0 spiro atoms. The molecule has 0 saturated carbocycles. The van der Waals surface area contributed by atoms with Crippen LogP contribution >= 0.6 is 0 Å². The molecular weight excluding hydrogens is 74.1 g/mol. The minimum atomic E-state index is 0. The highest BCUT2D eigenvalue weighted by Crippen LogP contribution is 0.862. The molecule has 6 heavy (non-hydrogen) atoms. The number of rotatable bonds is 0. The normalized spacial score (nSPS) is 1.67. The van der Waals surface area contributed by atoms with E-state index in [0.29, 0.717) is 0 Å². The Morgan fingerprint density at radius 2 is 1.00 bits per heavy atom. The van der Waals surface area contributed by atoms with E-state index >= 15 is 0 Å². The van der Waals surface area contributed by atoms with Gasteiger partial charge in [-0.15, -0.1) is 13.2 Å². The molecule has 0 aliphatic carbocycles. The highest BCUT2D eigenvalue weighted by Gasteiger charge is 0.836. The van der Waals surface area contributed by atoms with Gasteiger partial charge < -0.3 is 5.73 Å². The molecule has 2 N–H and O–H groups in total. The first-order valence-corrected chi connectivity index (χ1v) is 1.08. The van der Waals surface area contributed by atoms with Crippen LogP contribution in [0.1, 0.15) is 14.9 Å². The summed E-state index contributed by atoms with van der Waals surface area (Å²) in [6.45, 7) is 6.00. The Morgan fingerprint density at radius 1 is 1.00 bits per heavy atom. The standard InChI is InChI=1S/C2H4.CH5N.2CH4/c2*1-2;;/h1-2H2;2H2,1H3;2*1H4. The maximum atomic E-state index is 4.50. The average Bonchev–Trinajstić information content (AvgIpc) is 1.50. The predicted molar refractivity (Wildman–Crippen MR) is 34.8 cm³/mol. The van der Waals surface area contributed by atoms with E-state index in [1.165, 1.54) is 7.05 Å². The lowest BCUT2D eigenvalue weighted by Crippen LogP contribution is -1.69. The van der Waals surface area contributed by atoms with Gasteiger partial charge in [0.25, 0.3) is 0 Å². The smallest absolute Gasteiger partial charge is 0.0195 e. The molecule has 0 saturated heterocycles. The summed E-state index contributed by atoms with van der Waals surface area (Å²) in [6, 6.07) is 0. The molecule has 0 aliphatic rings. The summed E-state index contributed by atoms with van der Waals surface area (Å²) in [7, 11) is 1.50. The maximum absolute atomic E-state index is 4.50. The number of hydrogen-bond donors (Lipinski definition) is 1. The molecule has 0 unspecified atom stereocenters. The van der Waals surface area contributed by atoms with Crippen molar-refractivity contribution in [1.82, 2.24) is 0 Å². The van der Waals surface area contributed by atoms with Gasteiger partial charge in [-0.05, 0) is 7.05 Å². The van der Waals surface area contributed by atoms with Gasteiger partial charge in [0.1, 0.15) is 0 Å². The van der Waals surface area contributed by atoms with Crippen molar-refractivity contribution in [1.29, 1.82) is 0 Å². The molecule has 0 aromatic heterocycles. The lowest BCUT2D eigenvalue weighted by molar-refractivity contribution is 1.48. The van der Waals surface area contributed by atoms with Crippen molar-refractivity contribution in [3.63, 3.8) is 0 Å². The van der Waals surface area contributed by atoms with Crippen LogP contribution in [0.25, 0.3) is 0 Å². The van der Waals surface area contributed by atoms with E-state index in [4.69, 9.17) is 0 Å². The van der Waals surface area contributed by atoms with Gasteiger partial charge in [0.15, 0.2) is 0 Å². The van der Waals surface area contributed by atoms with E-state index in [1.54, 1.807) is 0 Å². The van der Waals surface area contributed by atoms with Gasteiger partial charge in [-0.3, -0.25) is 0 Å². The quantitative estimate of drug-likeness (QED) is 0.451. The fourth-order valence-electron chi connectivity index (χ4n) is 0. The van der Waals surface area contributed by atoms with Gasteiger partial charge in [0, 0.05) is 0 Å². The molecule has 0 aliphatic heterocycles. The molecule has 0 amide bonds. The molecule has 42 valence electrons. The second-order valence-corrected chi connectivity index (χ2v) is 0. The Morgan fingerprint density at radius 3 is 1.00 bits per heavy atom. The zero-order chi connectivity index (χ0) is 4.00. The summed E-state index contributed by atoms with van der Waals surface area (Å²) in [6.07, 6.45) is 0. The van der Waals surface area contributed by atoms with E-state index in [9.17, 15) is 0 Å². The van der Waals surface area contributed by atoms with Crippen LogP contribution < -0.4 is 5.73 Å². The second kappa shape index (κ2) is 715. The number of hydrogen-bond acceptors (Lipinski definition) is 1. The second-order valence-electron chi connectivity index (χ2n) is 0. The summed E-state index contributed by atoms with van der Waals surface area (Å²) in [4.78, 5) is 0. The lowest BCUT2D eigenvalue weighted by atomic mass is 11.3. The topological polar surface area (TPSA) is 26.0 Å². The molecule has 1 heteroatoms. The van der Waals surface area contributed by atoms with Gasteiger partial charge in [0.2, 0.25) is 0 Å². The van der Waals surface area contributed by atoms with Crippen LogP contribution in [-0.2, 0) is 0 Å². The Kier molecular flexibility index (Phi) is 5190. The van der Waals surface area contributed by atoms with Crippen molar-refractivity contribution in [3.05, 3.63) is 13.2 Å². The van der Waals surface area contributed by atoms with Crippen LogP contribution in [-0.4, -0.2) is 7.05 Å². The highest BCUT2D eigenvalue weighted by molar-refractivity contribution is 4.22. The van der Waals surface area contributed by atoms with E-state index < -0.39 is 0 Å². The first-order valence-electron chi connectivity index (χ1n) is 1.08. The third kappa shape index (κ3) is 300. The fourth-order valence-corrected chi connectivity index (χ4v) is 0. The minimum absolute atomic E-state index is 0. The largest absolute Gasteiger partial charge is 0.333 e. The molecule has 0 atom stereocenters. The first kappa shape index (κ1) is 43.6. The Bertz CT molecular complexity index is 3.90. The van der Waals surface area contributed by atoms with E-state index in [2.05, 4.69) is 18.9 Å². The SMILES string of the molecule is C.C.C=C.CN. The number of nitrogens with two attached hydrogens (primary N) is 1. The average molecular weight is 91.2 g/mol. The molecular formula is C5H17N. The van der Waals surface area contributed by atoms with Gasteiger partial charge >= 0.3 is 0 Å². The molecule has 1 nitrogen and oxygen atoms in total. The van der Waals surface area contributed by atoms with Crippen molar-refractivity contribution < 1.29 is 0 Å². The maximum Gasteiger partial charge on any atom is -0.0195 e. The fraction of sp³-hybridized carbons (Fsp3) is 0.600. The Hall–Kier alpha value is -0.300. The van der Waals surface area contributed by atoms with Crippen molar-refractivity contribution >= 4 is 0 Å². The molecule has 0 radical (unpaired) electrons. The van der Waals surface area contributed by atoms with Gasteiger partial charge in [-0.2, -0.15) is 0 Å². The van der Waals surface area contributed by atoms with Crippen LogP contribution in [0.2, 0.25) is 0 Å². The van der Waals surface area contributed by atoms with Crippen molar-refractivity contribution in [2.24, 2.45) is 5.73 Å². The van der Waals surface area contributed by atoms with Gasteiger partial charge in [0.05, 0.1) is 0 Å². The summed E-state index contributed by atoms with van der Waals surface area (Å²) >= 11 is 0. The van der Waals surface area contributed by atoms with Crippen LogP contribution in [0.15, 0.2) is 13.2 Å². The van der Waals surface area contributed by atoms with Crippen LogP contribution in [0, 0.1) is 0 Å². The summed E-state index contributed by atoms with van der Waals surface area (Å²) in [5.74, 6) is 0. The van der Waals surface area contributed by atoms with E-state index in [1.807, 2.05) is 0 Å². The van der Waals surface area contributed by atoms with Crippen molar-refractivity contribution in [2.75, 3.05) is 7.05 Å². The molecule has 0 aromatic carbocycles. The summed E-state index contributed by atoms with van der Waals surface area (Å²) < 4.78 is 0. The summed E-state index contributed by atoms with van der Waals surface area (Å²) in [5, 5.41) is 0. The van der Waals surface area contributed by atoms with E-state index in [0.717, 1.165) is 0 Å². The monoisotopic (exact) mass is 91.1 g/mol. The summed E-state index contributed by atoms with van der Waals surface area (Å²) in [5.41, 5.74) is 4.50. The molecule has 0 aromatic rings. The highest BCUT2D eigenvalue weighted by atomic mass is 14.4. The van der Waals surface area contributed by atoms with Crippen molar-refractivity contribution in [3.8, 4) is 0 Å². The molecule has 0 bridgehead atoms. The first-order chi connectivity index (χ1) is 2.00. The third-order valence-electron chi connectivity index (χ3n) is 0.